The second kappa shape index (κ2) is 9.55. The van der Waals surface area contributed by atoms with E-state index in [4.69, 9.17) is 4.74 Å². The number of nitrogens with one attached hydrogen (secondary N) is 2. The summed E-state index contributed by atoms with van der Waals surface area (Å²) in [5, 5.41) is 15.2. The summed E-state index contributed by atoms with van der Waals surface area (Å²) in [5.74, 6) is 0.254. The minimum absolute atomic E-state index is 0.0145. The minimum atomic E-state index is -0.514. The first-order valence-electron chi connectivity index (χ1n) is 10.8. The first-order chi connectivity index (χ1) is 16.4. The Labute approximate surface area is 198 Å². The molecule has 0 spiro atoms. The summed E-state index contributed by atoms with van der Waals surface area (Å²) < 4.78 is 7.29. The van der Waals surface area contributed by atoms with Crippen LogP contribution in [0.2, 0.25) is 0 Å². The zero-order chi connectivity index (χ0) is 24.2. The van der Waals surface area contributed by atoms with Crippen LogP contribution in [0.25, 0.3) is 11.8 Å². The topological polar surface area (TPSA) is 99.4 Å². The van der Waals surface area contributed by atoms with E-state index in [1.54, 1.807) is 42.4 Å². The Bertz CT molecular complexity index is 1320. The summed E-state index contributed by atoms with van der Waals surface area (Å²) in [6, 6.07) is 18.5. The van der Waals surface area contributed by atoms with Gasteiger partial charge in [-0.15, -0.1) is 0 Å². The van der Waals surface area contributed by atoms with Crippen LogP contribution in [0.5, 0.6) is 5.75 Å². The molecule has 8 heteroatoms. The molecule has 1 aliphatic rings. The maximum atomic E-state index is 12.9. The van der Waals surface area contributed by atoms with Crippen LogP contribution in [0.1, 0.15) is 17.0 Å². The lowest BCUT2D eigenvalue weighted by molar-refractivity contribution is -0.112. The Morgan fingerprint density at radius 3 is 2.56 bits per heavy atom. The Hall–Kier alpha value is -4.51. The minimum Gasteiger partial charge on any atom is -0.497 e. The summed E-state index contributed by atoms with van der Waals surface area (Å²) in [7, 11) is 1.62. The van der Waals surface area contributed by atoms with Crippen molar-refractivity contribution < 1.29 is 14.3 Å². The van der Waals surface area contributed by atoms with E-state index in [1.807, 2.05) is 50.2 Å². The fraction of sp³-hybridized carbons (Fsp3) is 0.192. The molecule has 0 radical (unpaired) electrons. The van der Waals surface area contributed by atoms with Crippen LogP contribution in [0.3, 0.4) is 0 Å². The number of anilines is 2. The molecule has 2 N–H and O–H groups in total. The van der Waals surface area contributed by atoms with Crippen molar-refractivity contribution in [1.82, 2.24) is 9.88 Å². The molecule has 2 aromatic carbocycles. The number of ether oxygens (including phenoxy) is 1. The number of benzene rings is 2. The Morgan fingerprint density at radius 2 is 1.91 bits per heavy atom. The third-order valence-electron chi connectivity index (χ3n) is 5.74. The van der Waals surface area contributed by atoms with Gasteiger partial charge in [-0.1, -0.05) is 6.07 Å². The molecule has 8 nitrogen and oxygen atoms in total. The molecule has 1 aliphatic heterocycles. The molecule has 1 aromatic heterocycles. The monoisotopic (exact) mass is 455 g/mol. The highest BCUT2D eigenvalue weighted by atomic mass is 16.5. The summed E-state index contributed by atoms with van der Waals surface area (Å²) in [5.41, 5.74) is 4.79. The predicted molar refractivity (Wildman–Crippen MR) is 131 cm³/mol. The highest BCUT2D eigenvalue weighted by molar-refractivity contribution is 6.10. The number of carbonyl (C=O) groups is 2. The van der Waals surface area contributed by atoms with Gasteiger partial charge in [-0.2, -0.15) is 5.26 Å². The first-order valence-corrected chi connectivity index (χ1v) is 10.8. The van der Waals surface area contributed by atoms with E-state index in [0.717, 1.165) is 28.4 Å². The Balaban J connectivity index is 1.57. The standard InChI is InChI=1S/C26H25N5O3/c1-17-13-19(18(2)31(17)22-7-9-24(34-3)10-8-22)14-20(16-27)25(32)29-21-5-4-6-23(15-21)30-12-11-28-26(30)33/h4-10,13-15H,11-12H2,1-3H3,(H,28,33)(H,29,32)/b20-14-. The van der Waals surface area contributed by atoms with Gasteiger partial charge in [0.15, 0.2) is 0 Å². The van der Waals surface area contributed by atoms with E-state index < -0.39 is 5.91 Å². The molecule has 1 fully saturated rings. The molecular formula is C26H25N5O3. The molecule has 3 aromatic rings. The highest BCUT2D eigenvalue weighted by Gasteiger charge is 2.21. The fourth-order valence-corrected chi connectivity index (χ4v) is 4.03. The van der Waals surface area contributed by atoms with Gasteiger partial charge < -0.3 is 19.9 Å². The van der Waals surface area contributed by atoms with E-state index in [1.165, 1.54) is 0 Å². The normalized spacial score (nSPS) is 13.4. The molecule has 0 aliphatic carbocycles. The maximum Gasteiger partial charge on any atom is 0.321 e. The molecule has 2 heterocycles. The third kappa shape index (κ3) is 4.50. The average Bonchev–Trinajstić information content (AvgIpc) is 3.39. The molecule has 0 unspecified atom stereocenters. The zero-order valence-electron chi connectivity index (χ0n) is 19.3. The summed E-state index contributed by atoms with van der Waals surface area (Å²) in [4.78, 5) is 26.4. The van der Waals surface area contributed by atoms with Gasteiger partial charge in [0, 0.05) is 41.5 Å². The summed E-state index contributed by atoms with van der Waals surface area (Å²) >= 11 is 0. The second-order valence-corrected chi connectivity index (χ2v) is 7.92. The Kier molecular flexibility index (Phi) is 6.37. The number of rotatable bonds is 6. The van der Waals surface area contributed by atoms with Crippen LogP contribution < -0.4 is 20.3 Å². The van der Waals surface area contributed by atoms with Crippen molar-refractivity contribution in [3.05, 3.63) is 77.1 Å². The molecule has 0 atom stereocenters. The number of hydrogen-bond acceptors (Lipinski definition) is 4. The molecule has 4 rings (SSSR count). The quantitative estimate of drug-likeness (QED) is 0.430. The molecule has 3 amide bonds. The number of amides is 3. The number of methoxy groups -OCH3 is 1. The lowest BCUT2D eigenvalue weighted by Gasteiger charge is -2.15. The number of urea groups is 1. The van der Waals surface area contributed by atoms with E-state index in [9.17, 15) is 14.9 Å². The van der Waals surface area contributed by atoms with Crippen LogP contribution in [-0.4, -0.2) is 36.7 Å². The molecule has 0 bridgehead atoms. The van der Waals surface area contributed by atoms with Crippen LogP contribution >= 0.6 is 0 Å². The van der Waals surface area contributed by atoms with E-state index in [2.05, 4.69) is 15.2 Å². The number of hydrogen-bond donors (Lipinski definition) is 2. The zero-order valence-corrected chi connectivity index (χ0v) is 19.3. The van der Waals surface area contributed by atoms with Gasteiger partial charge in [0.1, 0.15) is 17.4 Å². The first kappa shape index (κ1) is 22.7. The number of nitriles is 1. The second-order valence-electron chi connectivity index (χ2n) is 7.92. The van der Waals surface area contributed by atoms with Gasteiger partial charge in [-0.05, 0) is 74.0 Å². The molecule has 0 saturated carbocycles. The maximum absolute atomic E-state index is 12.9. The van der Waals surface area contributed by atoms with Gasteiger partial charge in [-0.3, -0.25) is 9.69 Å². The van der Waals surface area contributed by atoms with Crippen molar-refractivity contribution >= 4 is 29.4 Å². The number of aryl methyl sites for hydroxylation is 1. The molecular weight excluding hydrogens is 430 g/mol. The molecule has 1 saturated heterocycles. The van der Waals surface area contributed by atoms with Crippen molar-refractivity contribution in [2.75, 3.05) is 30.4 Å². The van der Waals surface area contributed by atoms with Gasteiger partial charge in [0.05, 0.1) is 7.11 Å². The largest absolute Gasteiger partial charge is 0.497 e. The van der Waals surface area contributed by atoms with Gasteiger partial charge >= 0.3 is 6.03 Å². The Morgan fingerprint density at radius 1 is 1.15 bits per heavy atom. The summed E-state index contributed by atoms with van der Waals surface area (Å²) in [6.07, 6.45) is 1.59. The lowest BCUT2D eigenvalue weighted by atomic mass is 10.1. The van der Waals surface area contributed by atoms with Crippen molar-refractivity contribution in [1.29, 1.82) is 5.26 Å². The number of nitrogens with zero attached hydrogens (tertiary/aromatic N) is 3. The van der Waals surface area contributed by atoms with E-state index >= 15 is 0 Å². The number of aromatic nitrogens is 1. The van der Waals surface area contributed by atoms with Crippen molar-refractivity contribution in [3.8, 4) is 17.5 Å². The lowest BCUT2D eigenvalue weighted by Crippen LogP contribution is -2.27. The third-order valence-corrected chi connectivity index (χ3v) is 5.74. The van der Waals surface area contributed by atoms with E-state index in [0.29, 0.717) is 24.5 Å². The van der Waals surface area contributed by atoms with Crippen LogP contribution in [0, 0.1) is 25.2 Å². The van der Waals surface area contributed by atoms with Gasteiger partial charge in [0.25, 0.3) is 5.91 Å². The van der Waals surface area contributed by atoms with Crippen molar-refractivity contribution in [2.45, 2.75) is 13.8 Å². The molecule has 172 valence electrons. The van der Waals surface area contributed by atoms with Gasteiger partial charge in [-0.25, -0.2) is 4.79 Å². The van der Waals surface area contributed by atoms with Crippen LogP contribution in [-0.2, 0) is 4.79 Å². The number of carbonyl (C=O) groups excluding carboxylic acids is 2. The fourth-order valence-electron chi connectivity index (χ4n) is 4.03. The SMILES string of the molecule is COc1ccc(-n2c(C)cc(/C=C(/C#N)C(=O)Nc3cccc(N4CCNC4=O)c3)c2C)cc1. The predicted octanol–water partition coefficient (Wildman–Crippen LogP) is 4.18. The van der Waals surface area contributed by atoms with Crippen LogP contribution in [0.4, 0.5) is 16.2 Å². The van der Waals surface area contributed by atoms with E-state index in [-0.39, 0.29) is 11.6 Å². The van der Waals surface area contributed by atoms with Gasteiger partial charge in [0.2, 0.25) is 0 Å². The molecule has 34 heavy (non-hydrogen) atoms. The smallest absolute Gasteiger partial charge is 0.321 e. The van der Waals surface area contributed by atoms with Crippen molar-refractivity contribution in [3.63, 3.8) is 0 Å². The van der Waals surface area contributed by atoms with Crippen LogP contribution in [0.15, 0.2) is 60.2 Å². The van der Waals surface area contributed by atoms with Crippen molar-refractivity contribution in [2.24, 2.45) is 0 Å². The highest BCUT2D eigenvalue weighted by Crippen LogP contribution is 2.25. The summed E-state index contributed by atoms with van der Waals surface area (Å²) in [6.45, 7) is 5.05. The average molecular weight is 456 g/mol.